The van der Waals surface area contributed by atoms with Gasteiger partial charge in [0, 0.05) is 28.8 Å². The third-order valence-electron chi connectivity index (χ3n) is 5.76. The molecule has 0 aliphatic carbocycles. The van der Waals surface area contributed by atoms with Crippen LogP contribution in [-0.2, 0) is 20.9 Å². The van der Waals surface area contributed by atoms with E-state index in [0.29, 0.717) is 21.3 Å². The maximum absolute atomic E-state index is 13.1. The van der Waals surface area contributed by atoms with Crippen LogP contribution in [-0.4, -0.2) is 29.2 Å². The van der Waals surface area contributed by atoms with Crippen LogP contribution in [0.3, 0.4) is 0 Å². The van der Waals surface area contributed by atoms with Gasteiger partial charge in [0.15, 0.2) is 6.54 Å². The Hall–Kier alpha value is -4.24. The van der Waals surface area contributed by atoms with E-state index in [1.807, 2.05) is 30.3 Å². The summed E-state index contributed by atoms with van der Waals surface area (Å²) in [5, 5.41) is 15.0. The number of hydrogen-bond donors (Lipinski definition) is 1. The normalized spacial score (nSPS) is 13.0. The van der Waals surface area contributed by atoms with Gasteiger partial charge in [-0.3, -0.25) is 14.9 Å². The fraction of sp³-hybridized carbons (Fsp3) is 0.160. The number of carbonyl (C=O) groups is 3. The van der Waals surface area contributed by atoms with Gasteiger partial charge in [-0.1, -0.05) is 41.9 Å². The van der Waals surface area contributed by atoms with Crippen LogP contribution in [0, 0.1) is 24.0 Å². The quantitative estimate of drug-likeness (QED) is 0.244. The van der Waals surface area contributed by atoms with Gasteiger partial charge in [-0.15, -0.1) is 9.15 Å². The van der Waals surface area contributed by atoms with Gasteiger partial charge < -0.3 is 5.32 Å². The molecular weight excluding hydrogens is 472 g/mol. The number of nitrogens with one attached hydrogen (secondary N) is 1. The zero-order chi connectivity index (χ0) is 25.3. The molecule has 0 aromatic heterocycles. The monoisotopic (exact) mass is 492 g/mol. The van der Waals surface area contributed by atoms with E-state index in [9.17, 15) is 24.5 Å². The van der Waals surface area contributed by atoms with E-state index in [1.54, 1.807) is 26.0 Å². The highest BCUT2D eigenvalue weighted by molar-refractivity contribution is 6.36. The molecule has 0 spiro atoms. The number of aryl methyl sites for hydroxylation is 2. The molecule has 3 aromatic rings. The summed E-state index contributed by atoms with van der Waals surface area (Å²) in [5.41, 5.74) is 2.02. The fourth-order valence-electron chi connectivity index (χ4n) is 3.86. The minimum absolute atomic E-state index is 0.0101. The summed E-state index contributed by atoms with van der Waals surface area (Å²) in [4.78, 5) is 49.9. The van der Waals surface area contributed by atoms with Crippen LogP contribution < -0.4 is 25.2 Å². The summed E-state index contributed by atoms with van der Waals surface area (Å²) in [6.45, 7) is 3.13. The van der Waals surface area contributed by atoms with Crippen molar-refractivity contribution in [3.05, 3.63) is 103 Å². The molecule has 3 aromatic carbocycles. The summed E-state index contributed by atoms with van der Waals surface area (Å²) in [7, 11) is 0. The first-order chi connectivity index (χ1) is 16.7. The van der Waals surface area contributed by atoms with Crippen molar-refractivity contribution in [2.75, 3.05) is 11.9 Å². The predicted octanol–water partition coefficient (Wildman–Crippen LogP) is 1.75. The summed E-state index contributed by atoms with van der Waals surface area (Å²) in [5.74, 6) is -2.39. The summed E-state index contributed by atoms with van der Waals surface area (Å²) >= 11 is 6.17. The SMILES string of the molecule is Cc1cc(NC(=O)C[N+]2=c3cc(Cl)ccc3=[N+](Cc3ccccc3)C(=O)C2=O)c([N+](=O)[O-])cc1C. The van der Waals surface area contributed by atoms with E-state index in [-0.39, 0.29) is 17.9 Å². The number of hydrogen-bond acceptors (Lipinski definition) is 5. The molecule has 0 saturated heterocycles. The summed E-state index contributed by atoms with van der Waals surface area (Å²) < 4.78 is 2.37. The van der Waals surface area contributed by atoms with Crippen molar-refractivity contribution in [3.63, 3.8) is 0 Å². The molecule has 0 bridgehead atoms. The lowest BCUT2D eigenvalue weighted by Gasteiger charge is -2.09. The van der Waals surface area contributed by atoms with E-state index in [4.69, 9.17) is 11.6 Å². The third-order valence-corrected chi connectivity index (χ3v) is 6.00. The molecule has 0 fully saturated rings. The number of benzene rings is 3. The van der Waals surface area contributed by atoms with Crippen LogP contribution in [0.4, 0.5) is 11.4 Å². The lowest BCUT2D eigenvalue weighted by atomic mass is 10.1. The van der Waals surface area contributed by atoms with Crippen LogP contribution in [0.1, 0.15) is 16.7 Å². The molecule has 4 rings (SSSR count). The largest absolute Gasteiger partial charge is 0.529 e. The molecule has 10 heteroatoms. The minimum atomic E-state index is -0.902. The Morgan fingerprint density at radius 2 is 1.60 bits per heavy atom. The second-order valence-corrected chi connectivity index (χ2v) is 8.60. The van der Waals surface area contributed by atoms with Crippen LogP contribution in [0.5, 0.6) is 0 Å². The van der Waals surface area contributed by atoms with Crippen molar-refractivity contribution >= 4 is 40.7 Å². The van der Waals surface area contributed by atoms with E-state index in [2.05, 4.69) is 5.32 Å². The highest BCUT2D eigenvalue weighted by atomic mass is 35.5. The fourth-order valence-corrected chi connectivity index (χ4v) is 4.02. The molecule has 0 saturated carbocycles. The highest BCUT2D eigenvalue weighted by Crippen LogP contribution is 2.27. The molecule has 0 atom stereocenters. The average Bonchev–Trinajstić information content (AvgIpc) is 2.82. The van der Waals surface area contributed by atoms with Crippen LogP contribution in [0.15, 0.2) is 60.7 Å². The number of fused-ring (bicyclic) bond motifs is 1. The first kappa shape index (κ1) is 23.9. The number of nitro groups is 1. The van der Waals surface area contributed by atoms with Crippen LogP contribution in [0.25, 0.3) is 0 Å². The van der Waals surface area contributed by atoms with Crippen molar-refractivity contribution in [1.82, 2.24) is 9.15 Å². The zero-order valence-corrected chi connectivity index (χ0v) is 19.7. The molecule has 176 valence electrons. The molecule has 3 amide bonds. The van der Waals surface area contributed by atoms with Gasteiger partial charge in [-0.2, -0.15) is 0 Å². The molecule has 0 radical (unpaired) electrons. The van der Waals surface area contributed by atoms with Crippen LogP contribution in [0.2, 0.25) is 5.02 Å². The average molecular weight is 493 g/mol. The second-order valence-electron chi connectivity index (χ2n) is 8.16. The van der Waals surface area contributed by atoms with E-state index in [0.717, 1.165) is 15.7 Å². The van der Waals surface area contributed by atoms with Gasteiger partial charge >= 0.3 is 11.8 Å². The Balaban J connectivity index is 1.78. The number of amides is 3. The Morgan fingerprint density at radius 3 is 2.29 bits per heavy atom. The van der Waals surface area contributed by atoms with E-state index >= 15 is 0 Å². The molecule has 1 heterocycles. The minimum Gasteiger partial charge on any atom is -0.315 e. The molecule has 0 unspecified atom stereocenters. The van der Waals surface area contributed by atoms with Gasteiger partial charge in [0.2, 0.25) is 6.54 Å². The number of anilines is 1. The van der Waals surface area contributed by atoms with Crippen molar-refractivity contribution in [2.45, 2.75) is 20.4 Å². The Morgan fingerprint density at radius 1 is 0.943 bits per heavy atom. The number of nitro benzene ring substituents is 1. The Labute approximate surface area is 204 Å². The smallest absolute Gasteiger partial charge is 0.315 e. The molecule has 1 aliphatic heterocycles. The van der Waals surface area contributed by atoms with Gasteiger partial charge in [0.1, 0.15) is 5.69 Å². The molecule has 35 heavy (non-hydrogen) atoms. The first-order valence-corrected chi connectivity index (χ1v) is 11.1. The van der Waals surface area contributed by atoms with Gasteiger partial charge in [0.25, 0.3) is 22.3 Å². The molecule has 1 aliphatic rings. The lowest BCUT2D eigenvalue weighted by molar-refractivity contribution is -0.384. The number of nitrogens with zero attached hydrogens (tertiary/aromatic N) is 3. The zero-order valence-electron chi connectivity index (χ0n) is 18.9. The van der Waals surface area contributed by atoms with Crippen LogP contribution >= 0.6 is 11.6 Å². The van der Waals surface area contributed by atoms with E-state index in [1.165, 1.54) is 22.8 Å². The standard InChI is InChI=1S/C25H20ClN4O5/c1-15-10-19(21(30(34)35)11-16(15)2)27-23(31)14-29-22-12-18(26)8-9-20(22)28(24(32)25(29)33)13-17-6-4-3-5-7-17/h3-12H,13-14H2,1-2H3/q+1/p+1. The maximum Gasteiger partial charge on any atom is 0.529 e. The summed E-state index contributed by atoms with van der Waals surface area (Å²) in [6, 6.07) is 16.8. The van der Waals surface area contributed by atoms with Crippen molar-refractivity contribution in [1.29, 1.82) is 0 Å². The van der Waals surface area contributed by atoms with Crippen molar-refractivity contribution in [2.24, 2.45) is 0 Å². The molecular formula is C25H21ClN4O5+2. The van der Waals surface area contributed by atoms with Crippen molar-refractivity contribution < 1.29 is 19.3 Å². The second kappa shape index (κ2) is 9.55. The molecule has 9 nitrogen and oxygen atoms in total. The third kappa shape index (κ3) is 4.85. The van der Waals surface area contributed by atoms with Crippen molar-refractivity contribution in [3.8, 4) is 0 Å². The Bertz CT molecular complexity index is 1530. The van der Waals surface area contributed by atoms with Gasteiger partial charge in [-0.25, -0.2) is 9.59 Å². The summed E-state index contributed by atoms with van der Waals surface area (Å²) in [6.07, 6.45) is 0. The van der Waals surface area contributed by atoms with Gasteiger partial charge in [-0.05, 0) is 37.1 Å². The van der Waals surface area contributed by atoms with E-state index < -0.39 is 29.2 Å². The topological polar surface area (TPSA) is 112 Å². The number of carbonyl (C=O) groups excluding carboxylic acids is 3. The lowest BCUT2D eigenvalue weighted by Crippen LogP contribution is -2.61. The Kier molecular flexibility index (Phi) is 6.52. The number of rotatable bonds is 6. The number of halogens is 1. The van der Waals surface area contributed by atoms with Gasteiger partial charge in [0.05, 0.1) is 4.92 Å². The first-order valence-electron chi connectivity index (χ1n) is 10.7. The predicted molar refractivity (Wildman–Crippen MR) is 129 cm³/mol. The maximum atomic E-state index is 13.1. The highest BCUT2D eigenvalue weighted by Gasteiger charge is 2.44. The molecule has 1 N–H and O–H groups in total.